The van der Waals surface area contributed by atoms with E-state index < -0.39 is 41.3 Å². The molecule has 4 N–H and O–H groups in total. The number of carbonyl (C=O) groups is 4. The van der Waals surface area contributed by atoms with Gasteiger partial charge < -0.3 is 21.3 Å². The summed E-state index contributed by atoms with van der Waals surface area (Å²) in [4.78, 5) is 48.9. The third-order valence-corrected chi connectivity index (χ3v) is 4.80. The van der Waals surface area contributed by atoms with Gasteiger partial charge in [0, 0.05) is 29.9 Å². The Morgan fingerprint density at radius 2 is 1.81 bits per heavy atom. The second-order valence-corrected chi connectivity index (χ2v) is 7.17. The van der Waals surface area contributed by atoms with Crippen LogP contribution < -0.4 is 21.3 Å². The lowest BCUT2D eigenvalue weighted by Crippen LogP contribution is -2.33. The monoisotopic (exact) mass is 448 g/mol. The van der Waals surface area contributed by atoms with Gasteiger partial charge in [0.2, 0.25) is 17.7 Å². The minimum Gasteiger partial charge on any atom is -0.368 e. The first-order chi connectivity index (χ1) is 15.0. The Labute approximate surface area is 180 Å². The molecule has 32 heavy (non-hydrogen) atoms. The van der Waals surface area contributed by atoms with Crippen molar-refractivity contribution in [2.75, 3.05) is 23.3 Å². The normalized spacial score (nSPS) is 16.0. The molecule has 4 amide bonds. The fraction of sp³-hybridized carbons (Fsp3) is 0.238. The third-order valence-electron chi connectivity index (χ3n) is 4.80. The summed E-state index contributed by atoms with van der Waals surface area (Å²) in [6.07, 6.45) is -4.72. The van der Waals surface area contributed by atoms with E-state index in [0.29, 0.717) is 0 Å². The molecule has 168 valence electrons. The molecule has 1 unspecified atom stereocenters. The number of nitrogens with two attached hydrogens (primary N) is 1. The van der Waals surface area contributed by atoms with Crippen molar-refractivity contribution in [3.05, 3.63) is 59.7 Å². The van der Waals surface area contributed by atoms with Crippen LogP contribution in [0.1, 0.15) is 22.3 Å². The number of carbonyl (C=O) groups excluding carboxylic acids is 4. The van der Waals surface area contributed by atoms with E-state index in [2.05, 4.69) is 10.6 Å². The molecule has 1 aliphatic heterocycles. The fourth-order valence-electron chi connectivity index (χ4n) is 3.23. The Balaban J connectivity index is 1.67. The molecule has 0 radical (unpaired) electrons. The largest absolute Gasteiger partial charge is 0.416 e. The molecular weight excluding hydrogens is 429 g/mol. The summed E-state index contributed by atoms with van der Waals surface area (Å²) in [7, 11) is 0. The zero-order valence-corrected chi connectivity index (χ0v) is 16.6. The Morgan fingerprint density at radius 1 is 1.09 bits per heavy atom. The molecule has 0 aliphatic carbocycles. The number of halogens is 3. The maximum Gasteiger partial charge on any atom is 0.416 e. The van der Waals surface area contributed by atoms with E-state index >= 15 is 0 Å². The second-order valence-electron chi connectivity index (χ2n) is 7.17. The first-order valence-electron chi connectivity index (χ1n) is 9.49. The van der Waals surface area contributed by atoms with Crippen LogP contribution in [0.5, 0.6) is 0 Å². The molecule has 0 spiro atoms. The number of anilines is 2. The summed E-state index contributed by atoms with van der Waals surface area (Å²) in [6.45, 7) is -0.421. The summed E-state index contributed by atoms with van der Waals surface area (Å²) in [5, 5.41) is 4.92. The Hall–Kier alpha value is -3.89. The van der Waals surface area contributed by atoms with Crippen molar-refractivity contribution in [1.29, 1.82) is 0 Å². The minimum atomic E-state index is -4.55. The molecule has 3 rings (SSSR count). The highest BCUT2D eigenvalue weighted by Gasteiger charge is 2.37. The molecule has 1 saturated heterocycles. The van der Waals surface area contributed by atoms with Crippen LogP contribution in [0.15, 0.2) is 48.5 Å². The van der Waals surface area contributed by atoms with Crippen LogP contribution in [-0.2, 0) is 20.6 Å². The van der Waals surface area contributed by atoms with Gasteiger partial charge in [0.1, 0.15) is 0 Å². The van der Waals surface area contributed by atoms with Gasteiger partial charge in [-0.1, -0.05) is 12.1 Å². The van der Waals surface area contributed by atoms with Gasteiger partial charge >= 0.3 is 6.18 Å². The van der Waals surface area contributed by atoms with Gasteiger partial charge in [-0.2, -0.15) is 13.2 Å². The number of hydrogen-bond donors (Lipinski definition) is 3. The number of nitrogens with zero attached hydrogens (tertiary/aromatic N) is 1. The molecule has 0 aromatic heterocycles. The van der Waals surface area contributed by atoms with Crippen molar-refractivity contribution >= 4 is 35.0 Å². The lowest BCUT2D eigenvalue weighted by Gasteiger charge is -2.18. The smallest absolute Gasteiger partial charge is 0.368 e. The van der Waals surface area contributed by atoms with Gasteiger partial charge in [-0.15, -0.1) is 0 Å². The highest BCUT2D eigenvalue weighted by molar-refractivity contribution is 6.04. The van der Waals surface area contributed by atoms with Crippen LogP contribution >= 0.6 is 0 Å². The number of amides is 4. The molecule has 8 nitrogen and oxygen atoms in total. The van der Waals surface area contributed by atoms with Crippen LogP contribution in [0, 0.1) is 5.92 Å². The van der Waals surface area contributed by atoms with Crippen LogP contribution in [0.25, 0.3) is 0 Å². The van der Waals surface area contributed by atoms with Crippen molar-refractivity contribution in [1.82, 2.24) is 5.32 Å². The van der Waals surface area contributed by atoms with Crippen molar-refractivity contribution < 1.29 is 32.3 Å². The van der Waals surface area contributed by atoms with Crippen LogP contribution in [0.2, 0.25) is 0 Å². The maximum absolute atomic E-state index is 13.0. The van der Waals surface area contributed by atoms with Gasteiger partial charge in [0.25, 0.3) is 5.91 Å². The maximum atomic E-state index is 13.0. The van der Waals surface area contributed by atoms with E-state index in [1.165, 1.54) is 36.4 Å². The molecule has 0 bridgehead atoms. The Morgan fingerprint density at radius 3 is 2.50 bits per heavy atom. The van der Waals surface area contributed by atoms with Crippen molar-refractivity contribution in [2.24, 2.45) is 11.7 Å². The Kier molecular flexibility index (Phi) is 6.47. The standard InChI is InChI=1S/C21H19F3N4O4/c22-21(23,24)14-4-2-6-16(9-14)28-11-13(8-18(28)30)20(32)27-15-5-1-3-12(7-15)19(31)26-10-17(25)29/h1-7,9,13H,8,10-11H2,(H2,25,29)(H,26,31)(H,27,32). The topological polar surface area (TPSA) is 122 Å². The highest BCUT2D eigenvalue weighted by atomic mass is 19.4. The molecule has 11 heteroatoms. The quantitative estimate of drug-likeness (QED) is 0.625. The predicted octanol–water partition coefficient (Wildman–Crippen LogP) is 1.91. The van der Waals surface area contributed by atoms with E-state index in [4.69, 9.17) is 5.73 Å². The van der Waals surface area contributed by atoms with Gasteiger partial charge in [-0.3, -0.25) is 19.2 Å². The van der Waals surface area contributed by atoms with Crippen molar-refractivity contribution in [2.45, 2.75) is 12.6 Å². The van der Waals surface area contributed by atoms with Crippen LogP contribution in [0.4, 0.5) is 24.5 Å². The van der Waals surface area contributed by atoms with Gasteiger partial charge in [-0.05, 0) is 36.4 Å². The summed E-state index contributed by atoms with van der Waals surface area (Å²) in [5.41, 5.74) is 4.62. The molecule has 1 atom stereocenters. The lowest BCUT2D eigenvalue weighted by atomic mass is 10.1. The third kappa shape index (κ3) is 5.42. The molecule has 1 aliphatic rings. The summed E-state index contributed by atoms with van der Waals surface area (Å²) < 4.78 is 38.9. The molecule has 2 aromatic rings. The number of nitrogens with one attached hydrogen (secondary N) is 2. The van der Waals surface area contributed by atoms with Gasteiger partial charge in [0.05, 0.1) is 18.0 Å². The number of primary amides is 1. The van der Waals surface area contributed by atoms with Crippen LogP contribution in [0.3, 0.4) is 0 Å². The van der Waals surface area contributed by atoms with Gasteiger partial charge in [-0.25, -0.2) is 0 Å². The highest BCUT2D eigenvalue weighted by Crippen LogP contribution is 2.33. The average Bonchev–Trinajstić information content (AvgIpc) is 3.13. The first kappa shape index (κ1) is 22.8. The zero-order chi connectivity index (χ0) is 23.5. The fourth-order valence-corrected chi connectivity index (χ4v) is 3.23. The SMILES string of the molecule is NC(=O)CNC(=O)c1cccc(NC(=O)C2CC(=O)N(c3cccc(C(F)(F)F)c3)C2)c1. The number of hydrogen-bond acceptors (Lipinski definition) is 4. The van der Waals surface area contributed by atoms with E-state index in [0.717, 1.165) is 17.0 Å². The average molecular weight is 448 g/mol. The lowest BCUT2D eigenvalue weighted by molar-refractivity contribution is -0.137. The van der Waals surface area contributed by atoms with E-state index in [9.17, 15) is 32.3 Å². The number of alkyl halides is 3. The minimum absolute atomic E-state index is 0.0632. The predicted molar refractivity (Wildman–Crippen MR) is 109 cm³/mol. The van der Waals surface area contributed by atoms with Crippen molar-refractivity contribution in [3.63, 3.8) is 0 Å². The van der Waals surface area contributed by atoms with Gasteiger partial charge in [0.15, 0.2) is 0 Å². The molecule has 1 heterocycles. The molecule has 1 fully saturated rings. The summed E-state index contributed by atoms with van der Waals surface area (Å²) in [6, 6.07) is 10.3. The van der Waals surface area contributed by atoms with Crippen molar-refractivity contribution in [3.8, 4) is 0 Å². The summed E-state index contributed by atoms with van der Waals surface area (Å²) >= 11 is 0. The van der Waals surface area contributed by atoms with Crippen LogP contribution in [-0.4, -0.2) is 36.7 Å². The molecule has 2 aromatic carbocycles. The molecular formula is C21H19F3N4O4. The summed E-state index contributed by atoms with van der Waals surface area (Å²) in [5.74, 6) is -3.04. The molecule has 0 saturated carbocycles. The first-order valence-corrected chi connectivity index (χ1v) is 9.49. The zero-order valence-electron chi connectivity index (χ0n) is 16.6. The van der Waals surface area contributed by atoms with E-state index in [1.54, 1.807) is 0 Å². The van der Waals surface area contributed by atoms with E-state index in [1.807, 2.05) is 0 Å². The number of rotatable bonds is 6. The van der Waals surface area contributed by atoms with E-state index in [-0.39, 0.29) is 36.4 Å². The number of benzene rings is 2. The Bertz CT molecular complexity index is 1070. The second kappa shape index (κ2) is 9.08.